The SMILES string of the molecule is CCc1c(C(C)(C)C)c(Nc2cccc([N+](=O)[O-])c2)nn1C(=O)O. The largest absolute Gasteiger partial charge is 0.463 e. The molecular weight excluding hydrogens is 312 g/mol. The Bertz CT molecular complexity index is 790. The van der Waals surface area contributed by atoms with Crippen molar-refractivity contribution in [3.05, 3.63) is 45.6 Å². The van der Waals surface area contributed by atoms with Crippen LogP contribution < -0.4 is 5.32 Å². The highest BCUT2D eigenvalue weighted by molar-refractivity contribution is 5.72. The van der Waals surface area contributed by atoms with Crippen LogP contribution in [-0.4, -0.2) is 25.9 Å². The first-order chi connectivity index (χ1) is 11.1. The number of anilines is 2. The summed E-state index contributed by atoms with van der Waals surface area (Å²) in [5.41, 5.74) is 1.46. The quantitative estimate of drug-likeness (QED) is 0.648. The molecule has 2 N–H and O–H groups in total. The zero-order valence-electron chi connectivity index (χ0n) is 14.0. The molecule has 0 saturated carbocycles. The van der Waals surface area contributed by atoms with Crippen molar-refractivity contribution in [2.75, 3.05) is 5.32 Å². The third kappa shape index (κ3) is 3.37. The van der Waals surface area contributed by atoms with Crippen LogP contribution in [0.15, 0.2) is 24.3 Å². The number of carboxylic acid groups (broad SMARTS) is 1. The number of nitro benzene ring substituents is 1. The highest BCUT2D eigenvalue weighted by Gasteiger charge is 2.29. The van der Waals surface area contributed by atoms with Gasteiger partial charge in [0.15, 0.2) is 5.82 Å². The van der Waals surface area contributed by atoms with E-state index in [9.17, 15) is 20.0 Å². The number of rotatable bonds is 4. The van der Waals surface area contributed by atoms with E-state index in [1.807, 2.05) is 27.7 Å². The second kappa shape index (κ2) is 6.31. The van der Waals surface area contributed by atoms with Crippen LogP contribution in [0.25, 0.3) is 0 Å². The highest BCUT2D eigenvalue weighted by Crippen LogP contribution is 2.34. The van der Waals surface area contributed by atoms with Crippen LogP contribution in [0.1, 0.15) is 39.0 Å². The minimum Gasteiger partial charge on any atom is -0.463 e. The fraction of sp³-hybridized carbons (Fsp3) is 0.375. The van der Waals surface area contributed by atoms with E-state index in [-0.39, 0.29) is 11.1 Å². The summed E-state index contributed by atoms with van der Waals surface area (Å²) in [6.07, 6.45) is -0.660. The van der Waals surface area contributed by atoms with E-state index in [0.717, 1.165) is 10.2 Å². The number of hydrogen-bond donors (Lipinski definition) is 2. The van der Waals surface area contributed by atoms with E-state index in [4.69, 9.17) is 0 Å². The monoisotopic (exact) mass is 332 g/mol. The molecule has 0 spiro atoms. The van der Waals surface area contributed by atoms with Crippen LogP contribution in [0.3, 0.4) is 0 Å². The number of nitrogens with one attached hydrogen (secondary N) is 1. The fourth-order valence-corrected chi connectivity index (χ4v) is 2.65. The third-order valence-corrected chi connectivity index (χ3v) is 3.57. The van der Waals surface area contributed by atoms with Gasteiger partial charge in [-0.25, -0.2) is 4.79 Å². The van der Waals surface area contributed by atoms with E-state index >= 15 is 0 Å². The van der Waals surface area contributed by atoms with Crippen molar-refractivity contribution in [2.24, 2.45) is 0 Å². The predicted octanol–water partition coefficient (Wildman–Crippen LogP) is 3.92. The zero-order chi connectivity index (χ0) is 18.1. The lowest BCUT2D eigenvalue weighted by Crippen LogP contribution is -2.18. The molecular formula is C16H20N4O4. The van der Waals surface area contributed by atoms with E-state index in [1.54, 1.807) is 12.1 Å². The molecule has 0 saturated heterocycles. The molecule has 0 atom stereocenters. The molecule has 0 bridgehead atoms. The first kappa shape index (κ1) is 17.5. The Balaban J connectivity index is 2.56. The van der Waals surface area contributed by atoms with Crippen molar-refractivity contribution in [2.45, 2.75) is 39.5 Å². The second-order valence-corrected chi connectivity index (χ2v) is 6.40. The number of hydrogen-bond acceptors (Lipinski definition) is 5. The van der Waals surface area contributed by atoms with Crippen molar-refractivity contribution >= 4 is 23.3 Å². The fourth-order valence-electron chi connectivity index (χ4n) is 2.65. The summed E-state index contributed by atoms with van der Waals surface area (Å²) in [6, 6.07) is 6.01. The first-order valence-electron chi connectivity index (χ1n) is 7.52. The Hall–Kier alpha value is -2.90. The number of nitro groups is 1. The smallest absolute Gasteiger partial charge is 0.432 e. The standard InChI is InChI=1S/C16H20N4O4/c1-5-12-13(16(2,3)4)14(18-19(12)15(21)22)17-10-7-6-8-11(9-10)20(23)24/h6-9H,5H2,1-4H3,(H,17,18)(H,21,22). The second-order valence-electron chi connectivity index (χ2n) is 6.40. The summed E-state index contributed by atoms with van der Waals surface area (Å²) in [4.78, 5) is 21.9. The summed E-state index contributed by atoms with van der Waals surface area (Å²) in [7, 11) is 0. The molecule has 0 aliphatic rings. The maximum Gasteiger partial charge on any atom is 0.432 e. The topological polar surface area (TPSA) is 110 Å². The van der Waals surface area contributed by atoms with Crippen molar-refractivity contribution in [1.82, 2.24) is 9.78 Å². The summed E-state index contributed by atoms with van der Waals surface area (Å²) in [5, 5.41) is 27.5. The summed E-state index contributed by atoms with van der Waals surface area (Å²) in [5.74, 6) is 0.391. The van der Waals surface area contributed by atoms with Gasteiger partial charge in [-0.2, -0.15) is 4.68 Å². The Morgan fingerprint density at radius 1 is 1.42 bits per heavy atom. The van der Waals surface area contributed by atoms with Gasteiger partial charge in [0.05, 0.1) is 10.6 Å². The molecule has 8 heteroatoms. The Labute approximate surface area is 139 Å². The molecule has 1 aromatic heterocycles. The van der Waals surface area contributed by atoms with Crippen molar-refractivity contribution in [3.8, 4) is 0 Å². The molecule has 1 heterocycles. The maximum atomic E-state index is 11.5. The normalized spacial score (nSPS) is 11.3. The number of nitrogens with zero attached hydrogens (tertiary/aromatic N) is 3. The lowest BCUT2D eigenvalue weighted by molar-refractivity contribution is -0.384. The van der Waals surface area contributed by atoms with E-state index in [2.05, 4.69) is 10.4 Å². The van der Waals surface area contributed by atoms with Gasteiger partial charge in [0.25, 0.3) is 5.69 Å². The summed E-state index contributed by atoms with van der Waals surface area (Å²) < 4.78 is 0.959. The summed E-state index contributed by atoms with van der Waals surface area (Å²) >= 11 is 0. The average Bonchev–Trinajstić information content (AvgIpc) is 2.86. The van der Waals surface area contributed by atoms with Gasteiger partial charge in [-0.15, -0.1) is 5.10 Å². The van der Waals surface area contributed by atoms with Gasteiger partial charge in [-0.05, 0) is 17.9 Å². The lowest BCUT2D eigenvalue weighted by Gasteiger charge is -2.21. The van der Waals surface area contributed by atoms with E-state index < -0.39 is 11.0 Å². The number of non-ortho nitro benzene ring substituents is 1. The molecule has 1 aromatic carbocycles. The molecule has 2 rings (SSSR count). The molecule has 2 aromatic rings. The van der Waals surface area contributed by atoms with Gasteiger partial charge >= 0.3 is 6.09 Å². The molecule has 0 fully saturated rings. The molecule has 8 nitrogen and oxygen atoms in total. The van der Waals surface area contributed by atoms with Gasteiger partial charge < -0.3 is 10.4 Å². The molecule has 128 valence electrons. The van der Waals surface area contributed by atoms with Crippen molar-refractivity contribution in [3.63, 3.8) is 0 Å². The van der Waals surface area contributed by atoms with Crippen LogP contribution in [0.2, 0.25) is 0 Å². The van der Waals surface area contributed by atoms with E-state index in [1.165, 1.54) is 12.1 Å². The molecule has 0 aliphatic carbocycles. The molecule has 0 radical (unpaired) electrons. The van der Waals surface area contributed by atoms with Gasteiger partial charge in [0.2, 0.25) is 0 Å². The minimum absolute atomic E-state index is 0.0503. The number of aromatic nitrogens is 2. The number of benzene rings is 1. The molecule has 24 heavy (non-hydrogen) atoms. The first-order valence-corrected chi connectivity index (χ1v) is 7.52. The van der Waals surface area contributed by atoms with E-state index in [0.29, 0.717) is 23.6 Å². The Morgan fingerprint density at radius 2 is 2.08 bits per heavy atom. The van der Waals surface area contributed by atoms with Gasteiger partial charge in [-0.1, -0.05) is 33.8 Å². The minimum atomic E-state index is -1.16. The van der Waals surface area contributed by atoms with Gasteiger partial charge in [-0.3, -0.25) is 10.1 Å². The van der Waals surface area contributed by atoms with Crippen LogP contribution in [0, 0.1) is 10.1 Å². The average molecular weight is 332 g/mol. The Morgan fingerprint density at radius 3 is 2.58 bits per heavy atom. The van der Waals surface area contributed by atoms with Gasteiger partial charge in [0.1, 0.15) is 0 Å². The van der Waals surface area contributed by atoms with Gasteiger partial charge in [0, 0.05) is 23.4 Å². The predicted molar refractivity (Wildman–Crippen MR) is 90.1 cm³/mol. The van der Waals surface area contributed by atoms with Crippen LogP contribution in [0.5, 0.6) is 0 Å². The summed E-state index contributed by atoms with van der Waals surface area (Å²) in [6.45, 7) is 7.76. The molecule has 0 aliphatic heterocycles. The number of carbonyl (C=O) groups is 1. The van der Waals surface area contributed by atoms with Crippen LogP contribution in [0.4, 0.5) is 22.0 Å². The van der Waals surface area contributed by atoms with Crippen LogP contribution in [-0.2, 0) is 11.8 Å². The molecule has 0 amide bonds. The van der Waals surface area contributed by atoms with Crippen molar-refractivity contribution < 1.29 is 14.8 Å². The van der Waals surface area contributed by atoms with Crippen molar-refractivity contribution in [1.29, 1.82) is 0 Å². The zero-order valence-corrected chi connectivity index (χ0v) is 14.0. The third-order valence-electron chi connectivity index (χ3n) is 3.57. The molecule has 0 unspecified atom stereocenters. The maximum absolute atomic E-state index is 11.5. The Kier molecular flexibility index (Phi) is 4.59. The highest BCUT2D eigenvalue weighted by atomic mass is 16.6. The lowest BCUT2D eigenvalue weighted by atomic mass is 9.85. The van der Waals surface area contributed by atoms with Crippen LogP contribution >= 0.6 is 0 Å².